The number of para-hydroxylation sites is 1. The molecule has 2 amide bonds. The van der Waals surface area contributed by atoms with E-state index >= 15 is 0 Å². The highest BCUT2D eigenvalue weighted by molar-refractivity contribution is 9.10. The number of rotatable bonds is 14. The number of ether oxygens (including phenoxy) is 2. The molecule has 0 bridgehead atoms. The Bertz CT molecular complexity index is 1690. The number of fused-ring (bicyclic) bond motifs is 1. The molecule has 1 saturated carbocycles. The third kappa shape index (κ3) is 7.52. The van der Waals surface area contributed by atoms with Gasteiger partial charge in [0, 0.05) is 48.1 Å². The van der Waals surface area contributed by atoms with Gasteiger partial charge in [-0.15, -0.1) is 0 Å². The highest BCUT2D eigenvalue weighted by atomic mass is 79.9. The van der Waals surface area contributed by atoms with E-state index in [0.717, 1.165) is 86.7 Å². The molecule has 1 N–H and O–H groups in total. The number of aromatic nitrogens is 2. The molecule has 1 aliphatic carbocycles. The molecule has 0 unspecified atom stereocenters. The number of carbonyl (C=O) groups is 2. The van der Waals surface area contributed by atoms with Crippen molar-refractivity contribution in [3.8, 4) is 22.9 Å². The van der Waals surface area contributed by atoms with Crippen molar-refractivity contribution in [1.82, 2.24) is 20.2 Å². The number of nitrogens with zero attached hydrogens (tertiary/aromatic N) is 4. The molecule has 0 radical (unpaired) electrons. The number of carbonyl (C=O) groups excluding carboxylic acids is 2. The van der Waals surface area contributed by atoms with Crippen LogP contribution in [0.1, 0.15) is 69.2 Å². The molecule has 0 spiro atoms. The summed E-state index contributed by atoms with van der Waals surface area (Å²) in [6.45, 7) is 7.97. The average molecular weight is 719 g/mol. The molecule has 4 aromatic rings. The summed E-state index contributed by atoms with van der Waals surface area (Å²) in [5, 5.41) is 4.27. The Morgan fingerprint density at radius 2 is 1.65 bits per heavy atom. The van der Waals surface area contributed by atoms with Crippen LogP contribution in [0.5, 0.6) is 11.8 Å². The zero-order chi connectivity index (χ0) is 33.5. The summed E-state index contributed by atoms with van der Waals surface area (Å²) < 4.78 is 18.2. The van der Waals surface area contributed by atoms with Crippen LogP contribution in [0.3, 0.4) is 0 Å². The van der Waals surface area contributed by atoms with E-state index in [-0.39, 0.29) is 23.8 Å². The fourth-order valence-corrected chi connectivity index (χ4v) is 7.21. The topological polar surface area (TPSA) is 110 Å². The molecule has 0 atom stereocenters. The number of unbranched alkanes of at least 4 members (excludes halogenated alkanes) is 1. The van der Waals surface area contributed by atoms with Crippen molar-refractivity contribution < 1.29 is 23.5 Å². The summed E-state index contributed by atoms with van der Waals surface area (Å²) >= 11 is 3.58. The normalized spacial score (nSPS) is 15.6. The van der Waals surface area contributed by atoms with E-state index in [1.165, 1.54) is 6.33 Å². The largest absolute Gasteiger partial charge is 0.476 e. The van der Waals surface area contributed by atoms with E-state index < -0.39 is 0 Å². The molecule has 2 fully saturated rings. The maximum Gasteiger partial charge on any atom is 0.252 e. The van der Waals surface area contributed by atoms with Crippen molar-refractivity contribution >= 4 is 44.4 Å². The monoisotopic (exact) mass is 717 g/mol. The van der Waals surface area contributed by atoms with Crippen molar-refractivity contribution in [2.45, 2.75) is 64.8 Å². The average Bonchev–Trinajstić information content (AvgIpc) is 3.41. The second-order valence-electron chi connectivity index (χ2n) is 12.4. The summed E-state index contributed by atoms with van der Waals surface area (Å²) in [7, 11) is 0. The van der Waals surface area contributed by atoms with Crippen LogP contribution in [0.15, 0.2) is 63.9 Å². The Kier molecular flexibility index (Phi) is 11.3. The third-order valence-corrected chi connectivity index (χ3v) is 9.89. The number of likely N-dealkylation sites (tertiary alicyclic amines) is 1. The number of furan rings is 1. The molecule has 254 valence electrons. The summed E-state index contributed by atoms with van der Waals surface area (Å²) in [5.41, 5.74) is 3.70. The van der Waals surface area contributed by atoms with Crippen molar-refractivity contribution in [3.05, 3.63) is 65.1 Å². The van der Waals surface area contributed by atoms with Crippen LogP contribution in [0.4, 0.5) is 5.69 Å². The van der Waals surface area contributed by atoms with E-state index in [0.29, 0.717) is 47.4 Å². The molecule has 1 aliphatic heterocycles. The number of amides is 2. The first-order chi connectivity index (χ1) is 23.5. The molecule has 2 aliphatic rings. The molecular weight excluding hydrogens is 674 g/mol. The fourth-order valence-electron chi connectivity index (χ4n) is 6.61. The van der Waals surface area contributed by atoms with Gasteiger partial charge in [0.25, 0.3) is 5.91 Å². The van der Waals surface area contributed by atoms with E-state index in [4.69, 9.17) is 13.9 Å². The molecular formula is C37H44BrN5O5. The number of hydrogen-bond acceptors (Lipinski definition) is 8. The number of hydrogen-bond donors (Lipinski definition) is 1. The standard InChI is InChI=1S/C37H44BrN5O5/c1-3-46-35-32(36(47-4-2)40-24-39-35)43(37(45)25-12-11-13-25)21-10-9-20-42-22-18-26(19-23-42)41-34(44)28-15-6-5-14-27(28)31-29-16-7-8-17-30(29)48-33(31)38/h5-8,14-17,24-26H,3-4,9-13,18-23H2,1-2H3,(H,41,44). The maximum atomic E-state index is 13.6. The molecule has 1 saturated heterocycles. The van der Waals surface area contributed by atoms with Gasteiger partial charge in [-0.2, -0.15) is 9.97 Å². The zero-order valence-corrected chi connectivity index (χ0v) is 29.3. The Morgan fingerprint density at radius 3 is 2.33 bits per heavy atom. The lowest BCUT2D eigenvalue weighted by atomic mass is 9.84. The number of benzene rings is 2. The van der Waals surface area contributed by atoms with Crippen LogP contribution in [-0.2, 0) is 4.79 Å². The second-order valence-corrected chi connectivity index (χ2v) is 13.1. The summed E-state index contributed by atoms with van der Waals surface area (Å²) in [4.78, 5) is 40.2. The molecule has 6 rings (SSSR count). The Hall–Kier alpha value is -3.96. The van der Waals surface area contributed by atoms with Crippen molar-refractivity contribution in [1.29, 1.82) is 0 Å². The number of nitrogens with one attached hydrogen (secondary N) is 1. The van der Waals surface area contributed by atoms with Gasteiger partial charge < -0.3 is 29.0 Å². The number of anilines is 1. The molecule has 48 heavy (non-hydrogen) atoms. The second kappa shape index (κ2) is 16.0. The smallest absolute Gasteiger partial charge is 0.252 e. The van der Waals surface area contributed by atoms with Gasteiger partial charge in [-0.25, -0.2) is 0 Å². The predicted molar refractivity (Wildman–Crippen MR) is 190 cm³/mol. The van der Waals surface area contributed by atoms with Crippen LogP contribution in [-0.4, -0.2) is 72.1 Å². The molecule has 11 heteroatoms. The SMILES string of the molecule is CCOc1ncnc(OCC)c1N(CCCCN1CCC(NC(=O)c2ccccc2-c2c(Br)oc3ccccc23)CC1)C(=O)C1CCC1. The Labute approximate surface area is 290 Å². The summed E-state index contributed by atoms with van der Waals surface area (Å²) in [5.74, 6) is 0.836. The molecule has 2 aromatic carbocycles. The first kappa shape index (κ1) is 33.9. The highest BCUT2D eigenvalue weighted by Gasteiger charge is 2.34. The Balaban J connectivity index is 1.03. The van der Waals surface area contributed by atoms with Crippen LogP contribution in [0.2, 0.25) is 0 Å². The minimum atomic E-state index is -0.0693. The lowest BCUT2D eigenvalue weighted by Crippen LogP contribution is -2.45. The van der Waals surface area contributed by atoms with E-state index in [1.807, 2.05) is 67.3 Å². The summed E-state index contributed by atoms with van der Waals surface area (Å²) in [6, 6.07) is 15.7. The van der Waals surface area contributed by atoms with E-state index in [2.05, 4.69) is 36.1 Å². The van der Waals surface area contributed by atoms with Gasteiger partial charge in [0.1, 0.15) is 11.9 Å². The van der Waals surface area contributed by atoms with E-state index in [1.54, 1.807) is 0 Å². The quantitative estimate of drug-likeness (QED) is 0.136. The fraction of sp³-hybridized carbons (Fsp3) is 0.459. The predicted octanol–water partition coefficient (Wildman–Crippen LogP) is 7.26. The lowest BCUT2D eigenvalue weighted by molar-refractivity contribution is -0.124. The van der Waals surface area contributed by atoms with Gasteiger partial charge in [0.15, 0.2) is 10.4 Å². The molecule has 10 nitrogen and oxygen atoms in total. The van der Waals surface area contributed by atoms with Gasteiger partial charge in [0.05, 0.1) is 13.2 Å². The number of halogens is 1. The maximum absolute atomic E-state index is 13.6. The van der Waals surface area contributed by atoms with Crippen molar-refractivity contribution in [2.24, 2.45) is 5.92 Å². The first-order valence-corrected chi connectivity index (χ1v) is 18.0. The third-order valence-electron chi connectivity index (χ3n) is 9.33. The molecule has 3 heterocycles. The van der Waals surface area contributed by atoms with Gasteiger partial charge >= 0.3 is 0 Å². The van der Waals surface area contributed by atoms with Gasteiger partial charge in [-0.3, -0.25) is 9.59 Å². The van der Waals surface area contributed by atoms with Crippen molar-refractivity contribution in [3.63, 3.8) is 0 Å². The zero-order valence-electron chi connectivity index (χ0n) is 27.8. The summed E-state index contributed by atoms with van der Waals surface area (Å²) in [6.07, 6.45) is 7.86. The minimum Gasteiger partial charge on any atom is -0.476 e. The molecule has 2 aromatic heterocycles. The van der Waals surface area contributed by atoms with Gasteiger partial charge in [0.2, 0.25) is 17.7 Å². The van der Waals surface area contributed by atoms with Gasteiger partial charge in [-0.1, -0.05) is 42.8 Å². The van der Waals surface area contributed by atoms with Crippen LogP contribution in [0.25, 0.3) is 22.1 Å². The Morgan fingerprint density at radius 1 is 0.958 bits per heavy atom. The minimum absolute atomic E-state index is 0.0240. The van der Waals surface area contributed by atoms with Crippen LogP contribution in [0, 0.1) is 5.92 Å². The lowest BCUT2D eigenvalue weighted by Gasteiger charge is -2.34. The highest BCUT2D eigenvalue weighted by Crippen LogP contribution is 2.40. The number of piperidine rings is 1. The van der Waals surface area contributed by atoms with Crippen LogP contribution < -0.4 is 19.7 Å². The van der Waals surface area contributed by atoms with Gasteiger partial charge in [-0.05, 0) is 92.5 Å². The first-order valence-electron chi connectivity index (χ1n) is 17.2. The van der Waals surface area contributed by atoms with Crippen molar-refractivity contribution in [2.75, 3.05) is 44.3 Å². The van der Waals surface area contributed by atoms with Crippen LogP contribution >= 0.6 is 15.9 Å². The van der Waals surface area contributed by atoms with E-state index in [9.17, 15) is 9.59 Å².